The SMILES string of the molecule is CN(CC1(O)CCCC1)c1cccc(Cl)c1C(N)=S. The highest BCUT2D eigenvalue weighted by molar-refractivity contribution is 7.80. The summed E-state index contributed by atoms with van der Waals surface area (Å²) in [7, 11) is 1.93. The van der Waals surface area contributed by atoms with Crippen LogP contribution in [0.15, 0.2) is 18.2 Å². The summed E-state index contributed by atoms with van der Waals surface area (Å²) >= 11 is 11.2. The molecule has 1 aromatic rings. The van der Waals surface area contributed by atoms with Crippen LogP contribution in [0.4, 0.5) is 5.69 Å². The number of hydrogen-bond donors (Lipinski definition) is 2. The van der Waals surface area contributed by atoms with Crippen LogP contribution in [0.5, 0.6) is 0 Å². The van der Waals surface area contributed by atoms with Crippen molar-refractivity contribution in [2.75, 3.05) is 18.5 Å². The number of rotatable bonds is 4. The van der Waals surface area contributed by atoms with E-state index < -0.39 is 5.60 Å². The lowest BCUT2D eigenvalue weighted by Gasteiger charge is -2.31. The van der Waals surface area contributed by atoms with E-state index in [2.05, 4.69) is 0 Å². The Kier molecular flexibility index (Phi) is 4.33. The third-order valence-electron chi connectivity index (χ3n) is 3.72. The minimum absolute atomic E-state index is 0.283. The summed E-state index contributed by atoms with van der Waals surface area (Å²) in [5.74, 6) is 0. The van der Waals surface area contributed by atoms with Crippen LogP contribution in [0.1, 0.15) is 31.2 Å². The molecule has 0 saturated heterocycles. The van der Waals surface area contributed by atoms with Crippen LogP contribution in [-0.2, 0) is 0 Å². The molecule has 1 aliphatic rings. The molecule has 19 heavy (non-hydrogen) atoms. The predicted molar refractivity (Wildman–Crippen MR) is 84.0 cm³/mol. The van der Waals surface area contributed by atoms with E-state index in [0.29, 0.717) is 17.1 Å². The van der Waals surface area contributed by atoms with Gasteiger partial charge in [0.15, 0.2) is 0 Å². The summed E-state index contributed by atoms with van der Waals surface area (Å²) < 4.78 is 0. The Labute approximate surface area is 124 Å². The fourth-order valence-electron chi connectivity index (χ4n) is 2.79. The van der Waals surface area contributed by atoms with Crippen LogP contribution in [0.3, 0.4) is 0 Å². The normalized spacial score (nSPS) is 17.4. The molecule has 0 radical (unpaired) electrons. The Morgan fingerprint density at radius 2 is 2.11 bits per heavy atom. The van der Waals surface area contributed by atoms with Crippen molar-refractivity contribution in [3.63, 3.8) is 0 Å². The summed E-state index contributed by atoms with van der Waals surface area (Å²) in [4.78, 5) is 2.27. The first-order valence-corrected chi connectivity index (χ1v) is 7.23. The quantitative estimate of drug-likeness (QED) is 0.839. The summed E-state index contributed by atoms with van der Waals surface area (Å²) in [5, 5.41) is 11.0. The van der Waals surface area contributed by atoms with Gasteiger partial charge in [-0.05, 0) is 25.0 Å². The molecule has 0 aliphatic heterocycles. The summed E-state index contributed by atoms with van der Waals surface area (Å²) in [6, 6.07) is 5.57. The van der Waals surface area contributed by atoms with E-state index in [1.807, 2.05) is 24.1 Å². The highest BCUT2D eigenvalue weighted by Crippen LogP contribution is 2.33. The van der Waals surface area contributed by atoms with Crippen LogP contribution in [0.25, 0.3) is 0 Å². The van der Waals surface area contributed by atoms with Gasteiger partial charge in [0.25, 0.3) is 0 Å². The fourth-order valence-corrected chi connectivity index (χ4v) is 3.33. The Hall–Kier alpha value is -0.840. The lowest BCUT2D eigenvalue weighted by atomic mass is 10.0. The number of nitrogens with zero attached hydrogens (tertiary/aromatic N) is 1. The van der Waals surface area contributed by atoms with Crippen molar-refractivity contribution < 1.29 is 5.11 Å². The zero-order chi connectivity index (χ0) is 14.0. The van der Waals surface area contributed by atoms with E-state index in [-0.39, 0.29) is 4.99 Å². The van der Waals surface area contributed by atoms with Crippen molar-refractivity contribution in [2.24, 2.45) is 5.73 Å². The maximum Gasteiger partial charge on any atom is 0.107 e. The highest BCUT2D eigenvalue weighted by Gasteiger charge is 2.32. The number of aliphatic hydroxyl groups is 1. The van der Waals surface area contributed by atoms with Crippen molar-refractivity contribution in [3.05, 3.63) is 28.8 Å². The van der Waals surface area contributed by atoms with Crippen molar-refractivity contribution in [1.29, 1.82) is 0 Å². The van der Waals surface area contributed by atoms with Crippen LogP contribution >= 0.6 is 23.8 Å². The third kappa shape index (κ3) is 3.19. The van der Waals surface area contributed by atoms with E-state index in [4.69, 9.17) is 29.6 Å². The number of halogens is 1. The van der Waals surface area contributed by atoms with Crippen LogP contribution in [-0.4, -0.2) is 29.3 Å². The molecule has 1 aromatic carbocycles. The number of benzene rings is 1. The molecule has 1 aliphatic carbocycles. The zero-order valence-electron chi connectivity index (χ0n) is 11.0. The van der Waals surface area contributed by atoms with Crippen molar-refractivity contribution in [1.82, 2.24) is 0 Å². The molecule has 0 amide bonds. The number of anilines is 1. The molecule has 0 spiro atoms. The van der Waals surface area contributed by atoms with Crippen LogP contribution in [0.2, 0.25) is 5.02 Å². The van der Waals surface area contributed by atoms with Gasteiger partial charge in [-0.3, -0.25) is 0 Å². The number of thiocarbonyl (C=S) groups is 1. The smallest absolute Gasteiger partial charge is 0.107 e. The molecule has 0 unspecified atom stereocenters. The maximum atomic E-state index is 10.5. The minimum atomic E-state index is -0.607. The first-order valence-electron chi connectivity index (χ1n) is 6.45. The second kappa shape index (κ2) is 5.65. The highest BCUT2D eigenvalue weighted by atomic mass is 35.5. The van der Waals surface area contributed by atoms with E-state index >= 15 is 0 Å². The van der Waals surface area contributed by atoms with E-state index in [0.717, 1.165) is 31.4 Å². The van der Waals surface area contributed by atoms with Gasteiger partial charge in [0.1, 0.15) is 4.99 Å². The Morgan fingerprint density at radius 1 is 1.47 bits per heavy atom. The maximum absolute atomic E-state index is 10.5. The molecule has 3 N–H and O–H groups in total. The molecule has 0 bridgehead atoms. The first-order chi connectivity index (χ1) is 8.93. The number of hydrogen-bond acceptors (Lipinski definition) is 3. The Morgan fingerprint density at radius 3 is 2.68 bits per heavy atom. The molecule has 0 heterocycles. The number of nitrogens with two attached hydrogens (primary N) is 1. The van der Waals surface area contributed by atoms with Gasteiger partial charge in [-0.15, -0.1) is 0 Å². The summed E-state index contributed by atoms with van der Waals surface area (Å²) in [5.41, 5.74) is 6.70. The second-order valence-electron chi connectivity index (χ2n) is 5.29. The van der Waals surface area contributed by atoms with Crippen LogP contribution in [0, 0.1) is 0 Å². The molecule has 0 aromatic heterocycles. The second-order valence-corrected chi connectivity index (χ2v) is 6.13. The standard InChI is InChI=1S/C14H19ClN2OS/c1-17(9-14(18)7-2-3-8-14)11-6-4-5-10(15)12(11)13(16)19/h4-6,18H,2-3,7-9H2,1H3,(H2,16,19). The molecule has 104 valence electrons. The molecule has 1 saturated carbocycles. The molecular formula is C14H19ClN2OS. The predicted octanol–water partition coefficient (Wildman–Crippen LogP) is 2.72. The van der Waals surface area contributed by atoms with Gasteiger partial charge in [0.2, 0.25) is 0 Å². The third-order valence-corrected chi connectivity index (χ3v) is 4.23. The summed E-state index contributed by atoms with van der Waals surface area (Å²) in [6.45, 7) is 0.572. The first kappa shape index (κ1) is 14.6. The monoisotopic (exact) mass is 298 g/mol. The molecular weight excluding hydrogens is 280 g/mol. The zero-order valence-corrected chi connectivity index (χ0v) is 12.6. The van der Waals surface area contributed by atoms with E-state index in [9.17, 15) is 5.11 Å². The largest absolute Gasteiger partial charge is 0.389 e. The van der Waals surface area contributed by atoms with Gasteiger partial charge >= 0.3 is 0 Å². The Balaban J connectivity index is 2.26. The van der Waals surface area contributed by atoms with Gasteiger partial charge in [0.05, 0.1) is 16.2 Å². The van der Waals surface area contributed by atoms with Crippen molar-refractivity contribution >= 4 is 34.5 Å². The van der Waals surface area contributed by atoms with Gasteiger partial charge in [-0.1, -0.05) is 42.7 Å². The average molecular weight is 299 g/mol. The van der Waals surface area contributed by atoms with Gasteiger partial charge in [-0.25, -0.2) is 0 Å². The molecule has 1 fully saturated rings. The Bertz CT molecular complexity index is 486. The van der Waals surface area contributed by atoms with Crippen molar-refractivity contribution in [3.8, 4) is 0 Å². The van der Waals surface area contributed by atoms with Gasteiger partial charge < -0.3 is 15.7 Å². The van der Waals surface area contributed by atoms with E-state index in [1.54, 1.807) is 6.07 Å². The minimum Gasteiger partial charge on any atom is -0.389 e. The fraction of sp³-hybridized carbons (Fsp3) is 0.500. The van der Waals surface area contributed by atoms with Crippen LogP contribution < -0.4 is 10.6 Å². The molecule has 3 nitrogen and oxygen atoms in total. The average Bonchev–Trinajstić information content (AvgIpc) is 2.74. The van der Waals surface area contributed by atoms with Crippen molar-refractivity contribution in [2.45, 2.75) is 31.3 Å². The molecule has 2 rings (SSSR count). The lowest BCUT2D eigenvalue weighted by molar-refractivity contribution is 0.0559. The molecule has 5 heteroatoms. The van der Waals surface area contributed by atoms with Gasteiger partial charge in [0, 0.05) is 19.3 Å². The van der Waals surface area contributed by atoms with E-state index in [1.165, 1.54) is 0 Å². The van der Waals surface area contributed by atoms with Gasteiger partial charge in [-0.2, -0.15) is 0 Å². The topological polar surface area (TPSA) is 49.5 Å². The lowest BCUT2D eigenvalue weighted by Crippen LogP contribution is -2.40. The molecule has 0 atom stereocenters. The number of likely N-dealkylation sites (N-methyl/N-ethyl adjacent to an activating group) is 1. The summed E-state index contributed by atoms with van der Waals surface area (Å²) in [6.07, 6.45) is 3.87.